The van der Waals surface area contributed by atoms with Crippen molar-refractivity contribution in [3.8, 4) is 11.1 Å². The van der Waals surface area contributed by atoms with E-state index in [1.54, 1.807) is 21.3 Å². The van der Waals surface area contributed by atoms with E-state index >= 15 is 0 Å². The van der Waals surface area contributed by atoms with Crippen molar-refractivity contribution in [2.24, 2.45) is 0 Å². The largest absolute Gasteiger partial charge is 0.330 e. The Morgan fingerprint density at radius 3 is 1.81 bits per heavy atom. The average Bonchev–Trinajstić information content (AvgIpc) is 2.74. The monoisotopic (exact) mass is 370 g/mol. The lowest BCUT2D eigenvalue weighted by atomic mass is 9.89. The van der Waals surface area contributed by atoms with Crippen LogP contribution in [-0.4, -0.2) is 27.3 Å². The molecule has 0 N–H and O–H groups in total. The third kappa shape index (κ3) is 5.65. The average molecular weight is 371 g/mol. The Bertz CT molecular complexity index is 624. The van der Waals surface area contributed by atoms with Crippen LogP contribution in [0.4, 0.5) is 0 Å². The lowest BCUT2D eigenvalue weighted by molar-refractivity contribution is -0.365. The number of rotatable bonds is 12. The Labute approximate surface area is 164 Å². The normalized spacial score (nSPS) is 12.9. The van der Waals surface area contributed by atoms with Crippen LogP contribution in [0.25, 0.3) is 11.1 Å². The SMILES string of the molecule is CCCCCCCC(c1ccc(-c2ccccc2)cc1)C(OC)(OC)OC. The third-order valence-corrected chi connectivity index (χ3v) is 5.30. The second-order valence-corrected chi connectivity index (χ2v) is 6.96. The smallest absolute Gasteiger partial charge is 0.289 e. The van der Waals surface area contributed by atoms with Crippen LogP contribution < -0.4 is 0 Å². The van der Waals surface area contributed by atoms with E-state index in [2.05, 4.69) is 55.5 Å². The molecule has 148 valence electrons. The summed E-state index contributed by atoms with van der Waals surface area (Å²) in [6.45, 7) is 2.24. The maximum atomic E-state index is 5.70. The third-order valence-electron chi connectivity index (χ3n) is 5.30. The molecular weight excluding hydrogens is 336 g/mol. The van der Waals surface area contributed by atoms with E-state index in [0.717, 1.165) is 12.8 Å². The van der Waals surface area contributed by atoms with Crippen molar-refractivity contribution in [3.63, 3.8) is 0 Å². The molecule has 1 unspecified atom stereocenters. The summed E-state index contributed by atoms with van der Waals surface area (Å²) in [5, 5.41) is 0. The highest BCUT2D eigenvalue weighted by molar-refractivity contribution is 5.63. The van der Waals surface area contributed by atoms with E-state index in [-0.39, 0.29) is 5.92 Å². The molecule has 0 fully saturated rings. The molecule has 0 spiro atoms. The van der Waals surface area contributed by atoms with Crippen LogP contribution in [0, 0.1) is 0 Å². The number of benzene rings is 2. The number of methoxy groups -OCH3 is 3. The summed E-state index contributed by atoms with van der Waals surface area (Å²) in [4.78, 5) is 0. The Morgan fingerprint density at radius 1 is 0.704 bits per heavy atom. The van der Waals surface area contributed by atoms with Crippen LogP contribution in [0.15, 0.2) is 54.6 Å². The fraction of sp³-hybridized carbons (Fsp3) is 0.500. The minimum absolute atomic E-state index is 0.0175. The zero-order chi connectivity index (χ0) is 19.5. The van der Waals surface area contributed by atoms with Crippen molar-refractivity contribution in [1.82, 2.24) is 0 Å². The molecule has 3 heteroatoms. The molecule has 0 radical (unpaired) electrons. The van der Waals surface area contributed by atoms with Gasteiger partial charge in [0.1, 0.15) is 0 Å². The quantitative estimate of drug-likeness (QED) is 0.320. The van der Waals surface area contributed by atoms with Gasteiger partial charge in [-0.1, -0.05) is 93.6 Å². The van der Waals surface area contributed by atoms with Gasteiger partial charge in [0.15, 0.2) is 0 Å². The van der Waals surface area contributed by atoms with Gasteiger partial charge in [-0.15, -0.1) is 0 Å². The van der Waals surface area contributed by atoms with Crippen molar-refractivity contribution < 1.29 is 14.2 Å². The molecule has 0 aromatic heterocycles. The molecule has 2 aromatic rings. The zero-order valence-corrected chi connectivity index (χ0v) is 17.2. The van der Waals surface area contributed by atoms with Gasteiger partial charge in [0.25, 0.3) is 5.97 Å². The number of ether oxygens (including phenoxy) is 3. The van der Waals surface area contributed by atoms with Crippen LogP contribution >= 0.6 is 0 Å². The maximum Gasteiger partial charge on any atom is 0.289 e. The van der Waals surface area contributed by atoms with E-state index in [1.165, 1.54) is 42.4 Å². The van der Waals surface area contributed by atoms with Crippen molar-refractivity contribution in [3.05, 3.63) is 60.2 Å². The molecule has 0 aliphatic rings. The minimum Gasteiger partial charge on any atom is -0.330 e. The van der Waals surface area contributed by atoms with E-state index in [9.17, 15) is 0 Å². The summed E-state index contributed by atoms with van der Waals surface area (Å²) >= 11 is 0. The molecule has 3 nitrogen and oxygen atoms in total. The maximum absolute atomic E-state index is 5.70. The fourth-order valence-electron chi connectivity index (χ4n) is 3.71. The van der Waals surface area contributed by atoms with E-state index in [1.807, 2.05) is 6.07 Å². The van der Waals surface area contributed by atoms with Crippen molar-refractivity contribution >= 4 is 0 Å². The van der Waals surface area contributed by atoms with Gasteiger partial charge in [0, 0.05) is 21.3 Å². The van der Waals surface area contributed by atoms with Crippen molar-refractivity contribution in [1.29, 1.82) is 0 Å². The molecule has 1 atom stereocenters. The molecule has 0 heterocycles. The van der Waals surface area contributed by atoms with Gasteiger partial charge in [0.2, 0.25) is 0 Å². The summed E-state index contributed by atoms with van der Waals surface area (Å²) in [5.74, 6) is -1.04. The van der Waals surface area contributed by atoms with Gasteiger partial charge in [-0.3, -0.25) is 0 Å². The standard InChI is InChI=1S/C24H34O3/c1-5-6-7-8-12-15-23(24(25-2,26-3)27-4)22-18-16-21(17-19-22)20-13-10-9-11-14-20/h9-11,13-14,16-19,23H,5-8,12,15H2,1-4H3. The molecule has 0 aliphatic carbocycles. The Balaban J connectivity index is 2.21. The lowest BCUT2D eigenvalue weighted by Crippen LogP contribution is -2.42. The van der Waals surface area contributed by atoms with E-state index < -0.39 is 5.97 Å². The molecule has 0 aliphatic heterocycles. The van der Waals surface area contributed by atoms with Crippen molar-refractivity contribution in [2.45, 2.75) is 57.3 Å². The molecule has 2 rings (SSSR count). The van der Waals surface area contributed by atoms with Crippen LogP contribution in [0.5, 0.6) is 0 Å². The topological polar surface area (TPSA) is 27.7 Å². The second-order valence-electron chi connectivity index (χ2n) is 6.96. The summed E-state index contributed by atoms with van der Waals surface area (Å²) in [6, 6.07) is 19.1. The second kappa shape index (κ2) is 11.2. The van der Waals surface area contributed by atoms with Crippen LogP contribution in [0.1, 0.15) is 56.9 Å². The van der Waals surface area contributed by atoms with E-state index in [4.69, 9.17) is 14.2 Å². The first-order chi connectivity index (χ1) is 13.2. The molecular formula is C24H34O3. The lowest BCUT2D eigenvalue weighted by Gasteiger charge is -2.36. The highest BCUT2D eigenvalue weighted by Crippen LogP contribution is 2.38. The summed E-state index contributed by atoms with van der Waals surface area (Å²) < 4.78 is 17.1. The van der Waals surface area contributed by atoms with Gasteiger partial charge in [0.05, 0.1) is 5.92 Å². The molecule has 2 aromatic carbocycles. The highest BCUT2D eigenvalue weighted by Gasteiger charge is 2.40. The predicted molar refractivity (Wildman–Crippen MR) is 112 cm³/mol. The summed E-state index contributed by atoms with van der Waals surface area (Å²) in [7, 11) is 4.94. The first-order valence-corrected chi connectivity index (χ1v) is 10.0. The number of hydrogen-bond acceptors (Lipinski definition) is 3. The summed E-state index contributed by atoms with van der Waals surface area (Å²) in [5.41, 5.74) is 3.60. The molecule has 0 saturated heterocycles. The Morgan fingerprint density at radius 2 is 1.26 bits per heavy atom. The van der Waals surface area contributed by atoms with E-state index in [0.29, 0.717) is 0 Å². The Kier molecular flexibility index (Phi) is 8.99. The van der Waals surface area contributed by atoms with Crippen LogP contribution in [-0.2, 0) is 14.2 Å². The first-order valence-electron chi connectivity index (χ1n) is 10.0. The summed E-state index contributed by atoms with van der Waals surface area (Å²) in [6.07, 6.45) is 7.13. The Hall–Kier alpha value is -1.68. The molecule has 0 saturated carbocycles. The first kappa shape index (κ1) is 21.6. The van der Waals surface area contributed by atoms with Crippen LogP contribution in [0.2, 0.25) is 0 Å². The molecule has 0 bridgehead atoms. The molecule has 27 heavy (non-hydrogen) atoms. The zero-order valence-electron chi connectivity index (χ0n) is 17.2. The minimum atomic E-state index is -1.06. The number of unbranched alkanes of at least 4 members (excludes halogenated alkanes) is 4. The number of hydrogen-bond donors (Lipinski definition) is 0. The van der Waals surface area contributed by atoms with Crippen molar-refractivity contribution in [2.75, 3.05) is 21.3 Å². The van der Waals surface area contributed by atoms with Gasteiger partial charge < -0.3 is 14.2 Å². The fourth-order valence-corrected chi connectivity index (χ4v) is 3.71. The highest BCUT2D eigenvalue weighted by atomic mass is 16.9. The molecule has 0 amide bonds. The van der Waals surface area contributed by atoms with Crippen LogP contribution in [0.3, 0.4) is 0 Å². The van der Waals surface area contributed by atoms with Gasteiger partial charge in [-0.2, -0.15) is 0 Å². The van der Waals surface area contributed by atoms with Gasteiger partial charge in [-0.05, 0) is 23.1 Å². The van der Waals surface area contributed by atoms with Gasteiger partial charge in [-0.25, -0.2) is 0 Å². The predicted octanol–water partition coefficient (Wildman–Crippen LogP) is 6.39. The van der Waals surface area contributed by atoms with Gasteiger partial charge >= 0.3 is 0 Å².